The average molecular weight is 317 g/mol. The van der Waals surface area contributed by atoms with Gasteiger partial charge in [0.05, 0.1) is 3.79 Å². The number of hydrogen-bond acceptors (Lipinski definition) is 3. The van der Waals surface area contributed by atoms with Crippen LogP contribution in [0.5, 0.6) is 0 Å². The van der Waals surface area contributed by atoms with Gasteiger partial charge in [-0.3, -0.25) is 0 Å². The summed E-state index contributed by atoms with van der Waals surface area (Å²) in [5.74, 6) is 0. The van der Waals surface area contributed by atoms with E-state index in [1.54, 1.807) is 0 Å². The molecule has 0 radical (unpaired) electrons. The van der Waals surface area contributed by atoms with E-state index in [0.717, 1.165) is 6.54 Å². The third kappa shape index (κ3) is 4.05. The molecule has 2 nitrogen and oxygen atoms in total. The van der Waals surface area contributed by atoms with Crippen LogP contribution in [0.2, 0.25) is 0 Å². The minimum atomic E-state index is 0.698. The Bertz CT molecular complexity index is 343. The Morgan fingerprint density at radius 2 is 2.12 bits per heavy atom. The largest absolute Gasteiger partial charge is 0.309 e. The Morgan fingerprint density at radius 1 is 1.41 bits per heavy atom. The fourth-order valence-electron chi connectivity index (χ4n) is 2.31. The van der Waals surface area contributed by atoms with Gasteiger partial charge in [0.15, 0.2) is 0 Å². The molecule has 0 atom stereocenters. The van der Waals surface area contributed by atoms with Crippen molar-refractivity contribution < 1.29 is 0 Å². The summed E-state index contributed by atoms with van der Waals surface area (Å²) in [5, 5.41) is 3.67. The number of halogens is 1. The van der Waals surface area contributed by atoms with Crippen molar-refractivity contribution in [2.24, 2.45) is 0 Å². The molecule has 0 aromatic carbocycles. The maximum absolute atomic E-state index is 3.67. The van der Waals surface area contributed by atoms with Crippen LogP contribution < -0.4 is 5.32 Å². The summed E-state index contributed by atoms with van der Waals surface area (Å²) in [6.45, 7) is 8.07. The number of thiophene rings is 1. The van der Waals surface area contributed by atoms with Crippen molar-refractivity contribution >= 4 is 27.3 Å². The molecule has 0 unspecified atom stereocenters. The summed E-state index contributed by atoms with van der Waals surface area (Å²) in [7, 11) is 0. The number of piperidine rings is 1. The SMILES string of the molecule is CC(C)N1CCC(NCc2ccc(Br)s2)CC1. The van der Waals surface area contributed by atoms with Crippen LogP contribution in [0.25, 0.3) is 0 Å². The van der Waals surface area contributed by atoms with E-state index in [1.807, 2.05) is 11.3 Å². The quantitative estimate of drug-likeness (QED) is 0.915. The fourth-order valence-corrected chi connectivity index (χ4v) is 3.75. The van der Waals surface area contributed by atoms with E-state index in [1.165, 1.54) is 34.6 Å². The summed E-state index contributed by atoms with van der Waals surface area (Å²) >= 11 is 5.33. The predicted octanol–water partition coefficient (Wildman–Crippen LogP) is 3.47. The molecule has 1 aliphatic rings. The first-order chi connectivity index (χ1) is 8.15. The second-order valence-corrected chi connectivity index (χ2v) is 7.54. The normalized spacial score (nSPS) is 19.1. The van der Waals surface area contributed by atoms with Crippen molar-refractivity contribution in [3.05, 3.63) is 20.8 Å². The van der Waals surface area contributed by atoms with Crippen LogP contribution in [0.3, 0.4) is 0 Å². The molecule has 4 heteroatoms. The average Bonchev–Trinajstić information content (AvgIpc) is 2.73. The fraction of sp³-hybridized carbons (Fsp3) is 0.692. The summed E-state index contributed by atoms with van der Waals surface area (Å²) in [5.41, 5.74) is 0. The zero-order valence-corrected chi connectivity index (χ0v) is 13.0. The highest BCUT2D eigenvalue weighted by molar-refractivity contribution is 9.11. The summed E-state index contributed by atoms with van der Waals surface area (Å²) in [4.78, 5) is 3.99. The van der Waals surface area contributed by atoms with Crippen LogP contribution in [-0.4, -0.2) is 30.1 Å². The standard InChI is InChI=1S/C13H21BrN2S/c1-10(2)16-7-5-11(6-8-16)15-9-12-3-4-13(14)17-12/h3-4,10-11,15H,5-9H2,1-2H3. The van der Waals surface area contributed by atoms with Crippen LogP contribution in [-0.2, 0) is 6.54 Å². The molecule has 1 aromatic heterocycles. The first kappa shape index (κ1) is 13.5. The van der Waals surface area contributed by atoms with Crippen molar-refractivity contribution in [1.82, 2.24) is 10.2 Å². The lowest BCUT2D eigenvalue weighted by Crippen LogP contribution is -2.44. The molecule has 96 valence electrons. The van der Waals surface area contributed by atoms with Crippen LogP contribution in [0.4, 0.5) is 0 Å². The van der Waals surface area contributed by atoms with E-state index >= 15 is 0 Å². The molecule has 1 saturated heterocycles. The Hall–Kier alpha value is 0.1000. The van der Waals surface area contributed by atoms with Gasteiger partial charge in [-0.05, 0) is 67.8 Å². The van der Waals surface area contributed by atoms with Gasteiger partial charge in [-0.15, -0.1) is 11.3 Å². The number of nitrogens with zero attached hydrogens (tertiary/aromatic N) is 1. The minimum absolute atomic E-state index is 0.698. The molecule has 17 heavy (non-hydrogen) atoms. The Kier molecular flexibility index (Phi) is 5.03. The molecular weight excluding hydrogens is 296 g/mol. The maximum Gasteiger partial charge on any atom is 0.0701 e. The second kappa shape index (κ2) is 6.32. The number of rotatable bonds is 4. The first-order valence-corrected chi connectivity index (χ1v) is 7.98. The molecular formula is C13H21BrN2S. The monoisotopic (exact) mass is 316 g/mol. The summed E-state index contributed by atoms with van der Waals surface area (Å²) < 4.78 is 1.23. The number of nitrogens with one attached hydrogen (secondary N) is 1. The smallest absolute Gasteiger partial charge is 0.0701 e. The highest BCUT2D eigenvalue weighted by atomic mass is 79.9. The van der Waals surface area contributed by atoms with Gasteiger partial charge in [-0.2, -0.15) is 0 Å². The van der Waals surface area contributed by atoms with Crippen LogP contribution >= 0.6 is 27.3 Å². The van der Waals surface area contributed by atoms with E-state index in [2.05, 4.69) is 52.1 Å². The number of likely N-dealkylation sites (tertiary alicyclic amines) is 1. The van der Waals surface area contributed by atoms with E-state index in [0.29, 0.717) is 12.1 Å². The minimum Gasteiger partial charge on any atom is -0.309 e. The molecule has 2 heterocycles. The Morgan fingerprint density at radius 3 is 2.65 bits per heavy atom. The van der Waals surface area contributed by atoms with Gasteiger partial charge in [0.25, 0.3) is 0 Å². The molecule has 0 amide bonds. The van der Waals surface area contributed by atoms with Crippen molar-refractivity contribution in [3.63, 3.8) is 0 Å². The van der Waals surface area contributed by atoms with Gasteiger partial charge >= 0.3 is 0 Å². The van der Waals surface area contributed by atoms with E-state index in [4.69, 9.17) is 0 Å². The molecule has 0 spiro atoms. The van der Waals surface area contributed by atoms with Gasteiger partial charge in [-0.25, -0.2) is 0 Å². The Labute approximate surface area is 117 Å². The van der Waals surface area contributed by atoms with Gasteiger partial charge < -0.3 is 10.2 Å². The molecule has 1 N–H and O–H groups in total. The van der Waals surface area contributed by atoms with Gasteiger partial charge in [0, 0.05) is 23.5 Å². The third-order valence-corrected chi connectivity index (χ3v) is 5.08. The molecule has 1 fully saturated rings. The summed E-state index contributed by atoms with van der Waals surface area (Å²) in [6, 6.07) is 5.73. The van der Waals surface area contributed by atoms with Gasteiger partial charge in [-0.1, -0.05) is 0 Å². The number of hydrogen-bond donors (Lipinski definition) is 1. The molecule has 0 bridgehead atoms. The lowest BCUT2D eigenvalue weighted by Gasteiger charge is -2.34. The second-order valence-electron chi connectivity index (χ2n) is 4.99. The Balaban J connectivity index is 1.71. The van der Waals surface area contributed by atoms with E-state index in [9.17, 15) is 0 Å². The van der Waals surface area contributed by atoms with E-state index in [-0.39, 0.29) is 0 Å². The topological polar surface area (TPSA) is 15.3 Å². The first-order valence-electron chi connectivity index (χ1n) is 6.37. The molecule has 0 saturated carbocycles. The summed E-state index contributed by atoms with van der Waals surface area (Å²) in [6.07, 6.45) is 2.56. The lowest BCUT2D eigenvalue weighted by molar-refractivity contribution is 0.161. The van der Waals surface area contributed by atoms with E-state index < -0.39 is 0 Å². The highest BCUT2D eigenvalue weighted by Crippen LogP contribution is 2.22. The van der Waals surface area contributed by atoms with Crippen molar-refractivity contribution in [1.29, 1.82) is 0 Å². The third-order valence-electron chi connectivity index (χ3n) is 3.45. The van der Waals surface area contributed by atoms with Crippen molar-refractivity contribution in [2.75, 3.05) is 13.1 Å². The van der Waals surface area contributed by atoms with Crippen LogP contribution in [0.15, 0.2) is 15.9 Å². The highest BCUT2D eigenvalue weighted by Gasteiger charge is 2.20. The van der Waals surface area contributed by atoms with Crippen LogP contribution in [0.1, 0.15) is 31.6 Å². The lowest BCUT2D eigenvalue weighted by atomic mass is 10.0. The predicted molar refractivity (Wildman–Crippen MR) is 78.6 cm³/mol. The van der Waals surface area contributed by atoms with Gasteiger partial charge in [0.2, 0.25) is 0 Å². The zero-order chi connectivity index (χ0) is 12.3. The molecule has 0 aliphatic carbocycles. The molecule has 1 aliphatic heterocycles. The molecule has 1 aromatic rings. The maximum atomic E-state index is 3.67. The van der Waals surface area contributed by atoms with Crippen molar-refractivity contribution in [3.8, 4) is 0 Å². The van der Waals surface area contributed by atoms with Gasteiger partial charge in [0.1, 0.15) is 0 Å². The molecule has 2 rings (SSSR count). The van der Waals surface area contributed by atoms with Crippen LogP contribution in [0, 0.1) is 0 Å². The van der Waals surface area contributed by atoms with Crippen molar-refractivity contribution in [2.45, 2.75) is 45.3 Å². The zero-order valence-electron chi connectivity index (χ0n) is 10.6.